The topological polar surface area (TPSA) is 190 Å². The fourth-order valence-electron chi connectivity index (χ4n) is 3.21. The number of hydrogen-bond acceptors (Lipinski definition) is 11. The van der Waals surface area contributed by atoms with Crippen LogP contribution in [0.1, 0.15) is 13.8 Å². The van der Waals surface area contributed by atoms with Crippen molar-refractivity contribution in [2.45, 2.75) is 32.3 Å². The van der Waals surface area contributed by atoms with E-state index in [1.54, 1.807) is 6.92 Å². The van der Waals surface area contributed by atoms with Crippen molar-refractivity contribution in [1.29, 1.82) is 0 Å². The molecule has 4 rings (SSSR count). The van der Waals surface area contributed by atoms with Crippen molar-refractivity contribution >= 4 is 11.0 Å². The van der Waals surface area contributed by atoms with Crippen LogP contribution in [0, 0.1) is 5.92 Å². The molecule has 0 saturated heterocycles. The first-order valence-electron chi connectivity index (χ1n) is 10.4. The second-order valence-corrected chi connectivity index (χ2v) is 7.59. The van der Waals surface area contributed by atoms with E-state index < -0.39 is 35.4 Å². The monoisotopic (exact) mass is 478 g/mol. The summed E-state index contributed by atoms with van der Waals surface area (Å²) in [5.74, 6) is -1.41. The summed E-state index contributed by atoms with van der Waals surface area (Å²) in [6.45, 7) is 3.13. The first-order valence-corrected chi connectivity index (χ1v) is 10.4. The maximum Gasteiger partial charge on any atom is 0.239 e. The molecule has 7 N–H and O–H groups in total. The van der Waals surface area contributed by atoms with E-state index in [2.05, 4.69) is 0 Å². The summed E-state index contributed by atoms with van der Waals surface area (Å²) in [6, 6.07) is 6.45. The van der Waals surface area contributed by atoms with Crippen molar-refractivity contribution in [2.24, 2.45) is 5.92 Å². The molecule has 11 heteroatoms. The van der Waals surface area contributed by atoms with Crippen LogP contribution in [-0.4, -0.2) is 67.5 Å². The molecule has 0 aliphatic heterocycles. The predicted octanol–water partition coefficient (Wildman–Crippen LogP) is 1.02. The average molecular weight is 478 g/mol. The molecule has 1 aliphatic carbocycles. The zero-order chi connectivity index (χ0) is 25.2. The van der Waals surface area contributed by atoms with Gasteiger partial charge in [0.05, 0.1) is 25.4 Å². The van der Waals surface area contributed by atoms with E-state index in [4.69, 9.17) is 29.2 Å². The molecular formula is C23H26O11. The van der Waals surface area contributed by atoms with Crippen molar-refractivity contribution in [1.82, 2.24) is 0 Å². The maximum atomic E-state index is 12.9. The molecule has 11 nitrogen and oxygen atoms in total. The number of fused-ring (bicyclic) bond motifs is 1. The van der Waals surface area contributed by atoms with E-state index in [0.29, 0.717) is 0 Å². The van der Waals surface area contributed by atoms with Crippen LogP contribution in [0.5, 0.6) is 28.7 Å². The summed E-state index contributed by atoms with van der Waals surface area (Å²) in [7, 11) is 0. The summed E-state index contributed by atoms with van der Waals surface area (Å²) in [5.41, 5.74) is -0.322. The summed E-state index contributed by atoms with van der Waals surface area (Å²) in [5, 5.41) is 63.9. The number of rotatable bonds is 6. The highest BCUT2D eigenvalue weighted by Gasteiger charge is 2.47. The van der Waals surface area contributed by atoms with E-state index >= 15 is 0 Å². The molecule has 3 unspecified atom stereocenters. The van der Waals surface area contributed by atoms with Crippen molar-refractivity contribution < 1.29 is 49.6 Å². The largest absolute Gasteiger partial charge is 0.507 e. The highest BCUT2D eigenvalue weighted by molar-refractivity contribution is 5.88. The van der Waals surface area contributed by atoms with Gasteiger partial charge in [-0.3, -0.25) is 4.79 Å². The van der Waals surface area contributed by atoms with Crippen molar-refractivity contribution in [3.05, 3.63) is 40.6 Å². The predicted molar refractivity (Wildman–Crippen MR) is 119 cm³/mol. The Hall–Kier alpha value is -3.51. The molecule has 3 atom stereocenters. The van der Waals surface area contributed by atoms with E-state index in [-0.39, 0.29) is 58.7 Å². The summed E-state index contributed by atoms with van der Waals surface area (Å²) < 4.78 is 16.3. The normalized spacial score (nSPS) is 19.8. The van der Waals surface area contributed by atoms with Crippen molar-refractivity contribution in [3.63, 3.8) is 0 Å². The lowest BCUT2D eigenvalue weighted by Crippen LogP contribution is -2.12. The van der Waals surface area contributed by atoms with Gasteiger partial charge in [0.2, 0.25) is 11.2 Å². The number of aliphatic hydroxyl groups excluding tert-OH is 4. The fourth-order valence-corrected chi connectivity index (χ4v) is 3.21. The van der Waals surface area contributed by atoms with Crippen LogP contribution in [0.3, 0.4) is 0 Å². The minimum atomic E-state index is -1.13. The van der Waals surface area contributed by atoms with Gasteiger partial charge in [-0.2, -0.15) is 0 Å². The number of aromatic hydroxyl groups is 3. The number of hydrogen-bond donors (Lipinski definition) is 7. The summed E-state index contributed by atoms with van der Waals surface area (Å²) >= 11 is 0. The van der Waals surface area contributed by atoms with Crippen LogP contribution < -0.4 is 14.9 Å². The maximum absolute atomic E-state index is 12.9. The Labute approximate surface area is 193 Å². The summed E-state index contributed by atoms with van der Waals surface area (Å²) in [6.07, 6.45) is -2.46. The second-order valence-electron chi connectivity index (χ2n) is 7.59. The molecule has 34 heavy (non-hydrogen) atoms. The zero-order valence-electron chi connectivity index (χ0n) is 18.4. The van der Waals surface area contributed by atoms with Gasteiger partial charge in [0.1, 0.15) is 22.5 Å². The summed E-state index contributed by atoms with van der Waals surface area (Å²) in [4.78, 5) is 12.9. The molecule has 184 valence electrons. The van der Waals surface area contributed by atoms with Gasteiger partial charge in [0, 0.05) is 23.6 Å². The SMILES string of the molecule is CCOc1c(-c2ccc(O)c(O)c2)oc2cc(OC(C)O)cc(O)c2c1=O.OCC1C(O)C1O. The minimum Gasteiger partial charge on any atom is -0.507 e. The van der Waals surface area contributed by atoms with Gasteiger partial charge in [-0.05, 0) is 32.0 Å². The van der Waals surface area contributed by atoms with Gasteiger partial charge in [0.15, 0.2) is 23.5 Å². The van der Waals surface area contributed by atoms with Gasteiger partial charge in [-0.1, -0.05) is 0 Å². The van der Waals surface area contributed by atoms with Crippen LogP contribution in [-0.2, 0) is 0 Å². The van der Waals surface area contributed by atoms with E-state index in [9.17, 15) is 25.2 Å². The highest BCUT2D eigenvalue weighted by atomic mass is 16.6. The fraction of sp³-hybridized carbons (Fsp3) is 0.348. The lowest BCUT2D eigenvalue weighted by Gasteiger charge is -2.13. The smallest absolute Gasteiger partial charge is 0.239 e. The van der Waals surface area contributed by atoms with Gasteiger partial charge >= 0.3 is 0 Å². The average Bonchev–Trinajstić information content (AvgIpc) is 3.36. The molecule has 0 radical (unpaired) electrons. The third kappa shape index (κ3) is 5.18. The second kappa shape index (κ2) is 10.2. The molecule has 0 bridgehead atoms. The Morgan fingerprint density at radius 1 is 1.03 bits per heavy atom. The van der Waals surface area contributed by atoms with Crippen LogP contribution in [0.15, 0.2) is 39.5 Å². The van der Waals surface area contributed by atoms with Crippen LogP contribution in [0.4, 0.5) is 0 Å². The van der Waals surface area contributed by atoms with Crippen LogP contribution in [0.25, 0.3) is 22.3 Å². The Morgan fingerprint density at radius 2 is 1.71 bits per heavy atom. The first-order chi connectivity index (χ1) is 16.1. The van der Waals surface area contributed by atoms with E-state index in [1.807, 2.05) is 0 Å². The number of aliphatic hydroxyl groups is 4. The molecule has 1 fully saturated rings. The van der Waals surface area contributed by atoms with E-state index in [0.717, 1.165) is 0 Å². The lowest BCUT2D eigenvalue weighted by molar-refractivity contribution is -0.000334. The van der Waals surface area contributed by atoms with Gasteiger partial charge < -0.3 is 49.6 Å². The van der Waals surface area contributed by atoms with Crippen LogP contribution >= 0.6 is 0 Å². The van der Waals surface area contributed by atoms with Gasteiger partial charge in [0.25, 0.3) is 0 Å². The molecule has 1 aliphatic rings. The number of phenolic OH excluding ortho intramolecular Hbond substituents is 3. The third-order valence-corrected chi connectivity index (χ3v) is 5.04. The quantitative estimate of drug-likeness (QED) is 0.198. The molecular weight excluding hydrogens is 452 g/mol. The Morgan fingerprint density at radius 3 is 2.21 bits per heavy atom. The standard InChI is InChI=1S/C19H18O8.C4H8O3/c1-3-25-19-17(24)16-14(23)7-11(26-9(2)20)8-15(16)27-18(19)10-4-5-12(21)13(22)6-10;5-1-2-3(6)4(2)7/h4-9,20-23H,3H2,1-2H3;2-7H,1H2. The number of benzene rings is 2. The molecule has 0 amide bonds. The Balaban J connectivity index is 0.000000396. The molecule has 1 saturated carbocycles. The number of phenols is 3. The molecule has 3 aromatic rings. The number of ether oxygens (including phenoxy) is 2. The van der Waals surface area contributed by atoms with Crippen LogP contribution in [0.2, 0.25) is 0 Å². The first kappa shape index (κ1) is 25.1. The van der Waals surface area contributed by atoms with E-state index in [1.165, 1.54) is 37.3 Å². The Bertz CT molecular complexity index is 1210. The Kier molecular flexibility index (Phi) is 7.52. The molecule has 2 aromatic carbocycles. The molecule has 0 spiro atoms. The highest BCUT2D eigenvalue weighted by Crippen LogP contribution is 2.38. The molecule has 1 aromatic heterocycles. The lowest BCUT2D eigenvalue weighted by atomic mass is 10.1. The van der Waals surface area contributed by atoms with Gasteiger partial charge in [-0.15, -0.1) is 0 Å². The minimum absolute atomic E-state index is 0.00154. The van der Waals surface area contributed by atoms with Crippen molar-refractivity contribution in [3.8, 4) is 40.1 Å². The van der Waals surface area contributed by atoms with Crippen molar-refractivity contribution in [2.75, 3.05) is 13.2 Å². The molecule has 1 heterocycles. The third-order valence-electron chi connectivity index (χ3n) is 5.04. The van der Waals surface area contributed by atoms with Gasteiger partial charge in [-0.25, -0.2) is 0 Å². The zero-order valence-corrected chi connectivity index (χ0v) is 18.4.